The van der Waals surface area contributed by atoms with Crippen LogP contribution in [0.15, 0.2) is 64.9 Å². The Bertz CT molecular complexity index is 1010. The van der Waals surface area contributed by atoms with Crippen LogP contribution in [0.4, 0.5) is 5.69 Å². The van der Waals surface area contributed by atoms with E-state index in [1.165, 1.54) is 42.5 Å². The molecule has 2 aromatic carbocycles. The van der Waals surface area contributed by atoms with Crippen molar-refractivity contribution in [2.75, 3.05) is 4.72 Å². The predicted octanol–water partition coefficient (Wildman–Crippen LogP) is 5.07. The van der Waals surface area contributed by atoms with Crippen molar-refractivity contribution >= 4 is 44.4 Å². The molecule has 1 heterocycles. The van der Waals surface area contributed by atoms with E-state index in [1.54, 1.807) is 23.6 Å². The summed E-state index contributed by atoms with van der Waals surface area (Å²) in [7, 11) is -3.66. The van der Waals surface area contributed by atoms with Gasteiger partial charge in [0.05, 0.1) is 10.6 Å². The van der Waals surface area contributed by atoms with Crippen LogP contribution in [0.5, 0.6) is 0 Å². The highest BCUT2D eigenvalue weighted by atomic mass is 35.5. The van der Waals surface area contributed by atoms with Gasteiger partial charge in [-0.25, -0.2) is 8.42 Å². The lowest BCUT2D eigenvalue weighted by atomic mass is 10.1. The van der Waals surface area contributed by atoms with Crippen molar-refractivity contribution < 1.29 is 13.2 Å². The van der Waals surface area contributed by atoms with Crippen LogP contribution in [-0.2, 0) is 10.0 Å². The quantitative estimate of drug-likeness (QED) is 0.617. The molecular weight excluding hydrogens is 378 g/mol. The summed E-state index contributed by atoms with van der Waals surface area (Å²) in [5.74, 6) is 0.00847. The first-order valence-electron chi connectivity index (χ1n) is 7.33. The number of hydrogen-bond donors (Lipinski definition) is 1. The van der Waals surface area contributed by atoms with Crippen molar-refractivity contribution in [3.63, 3.8) is 0 Å². The molecule has 0 bridgehead atoms. The second-order valence-corrected chi connectivity index (χ2v) is 8.42. The van der Waals surface area contributed by atoms with E-state index in [-0.39, 0.29) is 10.7 Å². The van der Waals surface area contributed by atoms with Gasteiger partial charge < -0.3 is 0 Å². The van der Waals surface area contributed by atoms with Gasteiger partial charge in [0.25, 0.3) is 10.0 Å². The Morgan fingerprint density at radius 1 is 1.04 bits per heavy atom. The number of carbonyl (C=O) groups excluding carboxylic acids is 1. The van der Waals surface area contributed by atoms with E-state index in [9.17, 15) is 13.2 Å². The maximum absolute atomic E-state index is 12.4. The molecule has 25 heavy (non-hydrogen) atoms. The van der Waals surface area contributed by atoms with E-state index in [2.05, 4.69) is 4.72 Å². The number of sulfonamides is 1. The van der Waals surface area contributed by atoms with Crippen LogP contribution in [0.25, 0.3) is 10.4 Å². The molecule has 0 amide bonds. The van der Waals surface area contributed by atoms with Gasteiger partial charge in [-0.3, -0.25) is 9.52 Å². The lowest BCUT2D eigenvalue weighted by molar-refractivity contribution is 0.101. The number of nitrogens with one attached hydrogen (secondary N) is 1. The summed E-state index contributed by atoms with van der Waals surface area (Å²) in [5.41, 5.74) is 2.06. The van der Waals surface area contributed by atoms with E-state index in [4.69, 9.17) is 11.6 Å². The van der Waals surface area contributed by atoms with E-state index >= 15 is 0 Å². The van der Waals surface area contributed by atoms with Crippen molar-refractivity contribution in [2.24, 2.45) is 0 Å². The van der Waals surface area contributed by atoms with E-state index < -0.39 is 10.0 Å². The maximum Gasteiger partial charge on any atom is 0.261 e. The van der Waals surface area contributed by atoms with E-state index in [1.807, 2.05) is 12.1 Å². The second-order valence-electron chi connectivity index (χ2n) is 5.39. The maximum atomic E-state index is 12.4. The van der Waals surface area contributed by atoms with Crippen LogP contribution in [0.3, 0.4) is 0 Å². The first kappa shape index (κ1) is 17.7. The molecule has 0 aliphatic carbocycles. The zero-order valence-corrected chi connectivity index (χ0v) is 15.6. The molecule has 0 saturated carbocycles. The normalized spacial score (nSPS) is 11.3. The van der Waals surface area contributed by atoms with Gasteiger partial charge in [0.15, 0.2) is 5.78 Å². The Labute approximate surface area is 155 Å². The minimum absolute atomic E-state index is 0.00847. The fraction of sp³-hybridized carbons (Fsp3) is 0.0556. The third kappa shape index (κ3) is 4.10. The first-order chi connectivity index (χ1) is 11.8. The smallest absolute Gasteiger partial charge is 0.261 e. The SMILES string of the molecule is CC(=O)c1ccc(-c2cc(NS(=O)(=O)c3ccc(Cl)cc3)cs2)cc1. The molecule has 0 atom stereocenters. The number of thiophene rings is 1. The highest BCUT2D eigenvalue weighted by Crippen LogP contribution is 2.31. The van der Waals surface area contributed by atoms with Crippen LogP contribution >= 0.6 is 22.9 Å². The fourth-order valence-electron chi connectivity index (χ4n) is 2.24. The lowest BCUT2D eigenvalue weighted by Gasteiger charge is -2.06. The molecule has 1 N–H and O–H groups in total. The molecule has 3 aromatic rings. The van der Waals surface area contributed by atoms with Crippen molar-refractivity contribution in [2.45, 2.75) is 11.8 Å². The number of anilines is 1. The van der Waals surface area contributed by atoms with Gasteiger partial charge in [0.2, 0.25) is 0 Å². The van der Waals surface area contributed by atoms with Crippen molar-refractivity contribution in [3.05, 3.63) is 70.6 Å². The Kier molecular flexibility index (Phi) is 4.94. The van der Waals surface area contributed by atoms with Gasteiger partial charge >= 0.3 is 0 Å². The summed E-state index contributed by atoms with van der Waals surface area (Å²) in [6.07, 6.45) is 0. The molecule has 128 valence electrons. The van der Waals surface area contributed by atoms with E-state index in [0.29, 0.717) is 16.3 Å². The number of benzene rings is 2. The Morgan fingerprint density at radius 3 is 2.28 bits per heavy atom. The summed E-state index contributed by atoms with van der Waals surface area (Å²) in [6, 6.07) is 15.0. The second kappa shape index (κ2) is 7.00. The Morgan fingerprint density at radius 2 is 1.68 bits per heavy atom. The Balaban J connectivity index is 1.81. The van der Waals surface area contributed by atoms with Crippen LogP contribution < -0.4 is 4.72 Å². The number of rotatable bonds is 5. The highest BCUT2D eigenvalue weighted by Gasteiger charge is 2.15. The van der Waals surface area contributed by atoms with Gasteiger partial charge in [-0.2, -0.15) is 0 Å². The van der Waals surface area contributed by atoms with Crippen molar-refractivity contribution in [1.29, 1.82) is 0 Å². The molecular formula is C18H14ClNO3S2. The molecule has 0 aliphatic heterocycles. The van der Waals surface area contributed by atoms with Crippen LogP contribution in [0, 0.1) is 0 Å². The number of ketones is 1. The molecule has 0 spiro atoms. The lowest BCUT2D eigenvalue weighted by Crippen LogP contribution is -2.12. The molecule has 0 radical (unpaired) electrons. The van der Waals surface area contributed by atoms with E-state index in [0.717, 1.165) is 10.4 Å². The summed E-state index contributed by atoms with van der Waals surface area (Å²) >= 11 is 7.21. The largest absolute Gasteiger partial charge is 0.295 e. The average Bonchev–Trinajstić information content (AvgIpc) is 3.03. The summed E-state index contributed by atoms with van der Waals surface area (Å²) < 4.78 is 27.3. The Hall–Kier alpha value is -2.15. The third-order valence-corrected chi connectivity index (χ3v) is 6.18. The van der Waals surface area contributed by atoms with Gasteiger partial charge in [0.1, 0.15) is 0 Å². The fourth-order valence-corrected chi connectivity index (χ4v) is 4.33. The number of Topliss-reactive ketones (excluding diaryl/α,β-unsaturated/α-hetero) is 1. The zero-order valence-electron chi connectivity index (χ0n) is 13.2. The standard InChI is InChI=1S/C18H14ClNO3S2/c1-12(21)13-2-4-14(5-3-13)18-10-16(11-24-18)20-25(22,23)17-8-6-15(19)7-9-17/h2-11,20H,1H3. The summed E-state index contributed by atoms with van der Waals surface area (Å²) in [6.45, 7) is 1.52. The molecule has 4 nitrogen and oxygen atoms in total. The van der Waals surface area contributed by atoms with Crippen LogP contribution in [-0.4, -0.2) is 14.2 Å². The highest BCUT2D eigenvalue weighted by molar-refractivity contribution is 7.92. The monoisotopic (exact) mass is 391 g/mol. The van der Waals surface area contributed by atoms with Crippen molar-refractivity contribution in [1.82, 2.24) is 0 Å². The predicted molar refractivity (Wildman–Crippen MR) is 102 cm³/mol. The zero-order chi connectivity index (χ0) is 18.0. The number of carbonyl (C=O) groups is 1. The third-order valence-electron chi connectivity index (χ3n) is 3.55. The van der Waals surface area contributed by atoms with Crippen molar-refractivity contribution in [3.8, 4) is 10.4 Å². The summed E-state index contributed by atoms with van der Waals surface area (Å²) in [4.78, 5) is 12.4. The summed E-state index contributed by atoms with van der Waals surface area (Å²) in [5, 5.41) is 2.22. The molecule has 0 aliphatic rings. The molecule has 3 rings (SSSR count). The van der Waals surface area contributed by atoms with Crippen LogP contribution in [0.1, 0.15) is 17.3 Å². The molecule has 0 saturated heterocycles. The minimum atomic E-state index is -3.66. The minimum Gasteiger partial charge on any atom is -0.295 e. The molecule has 0 unspecified atom stereocenters. The van der Waals surface area contributed by atoms with Gasteiger partial charge in [0, 0.05) is 20.8 Å². The molecule has 1 aromatic heterocycles. The molecule has 7 heteroatoms. The first-order valence-corrected chi connectivity index (χ1v) is 10.1. The van der Waals surface area contributed by atoms with Gasteiger partial charge in [-0.1, -0.05) is 35.9 Å². The number of hydrogen-bond acceptors (Lipinski definition) is 4. The van der Waals surface area contributed by atoms with Gasteiger partial charge in [-0.15, -0.1) is 11.3 Å². The topological polar surface area (TPSA) is 63.2 Å². The van der Waals surface area contributed by atoms with Crippen LogP contribution in [0.2, 0.25) is 5.02 Å². The average molecular weight is 392 g/mol. The number of halogens is 1. The van der Waals surface area contributed by atoms with Gasteiger partial charge in [-0.05, 0) is 42.8 Å². The molecule has 0 fully saturated rings.